The van der Waals surface area contributed by atoms with Gasteiger partial charge in [0.25, 0.3) is 0 Å². The van der Waals surface area contributed by atoms with E-state index in [0.29, 0.717) is 5.56 Å². The molecule has 0 aliphatic rings. The first kappa shape index (κ1) is 14.2. The molecular formula is C21H15N3. The van der Waals surface area contributed by atoms with Crippen LogP contribution in [0.5, 0.6) is 0 Å². The molecule has 0 aliphatic heterocycles. The molecule has 0 bridgehead atoms. The highest BCUT2D eigenvalue weighted by Crippen LogP contribution is 2.36. The quantitative estimate of drug-likeness (QED) is 0.561. The molecule has 3 nitrogen and oxygen atoms in total. The molecule has 0 spiro atoms. The first-order valence-corrected chi connectivity index (χ1v) is 7.80. The molecular weight excluding hydrogens is 294 g/mol. The van der Waals surface area contributed by atoms with Gasteiger partial charge in [0.05, 0.1) is 22.7 Å². The Kier molecular flexibility index (Phi) is 3.36. The van der Waals surface area contributed by atoms with E-state index in [0.717, 1.165) is 38.9 Å². The van der Waals surface area contributed by atoms with Gasteiger partial charge in [-0.05, 0) is 41.8 Å². The second-order valence-electron chi connectivity index (χ2n) is 5.79. The van der Waals surface area contributed by atoms with Gasteiger partial charge < -0.3 is 4.98 Å². The molecule has 0 radical (unpaired) electrons. The van der Waals surface area contributed by atoms with Crippen LogP contribution >= 0.6 is 0 Å². The summed E-state index contributed by atoms with van der Waals surface area (Å²) in [5, 5.41) is 9.61. The van der Waals surface area contributed by atoms with Crippen molar-refractivity contribution in [2.45, 2.75) is 6.92 Å². The maximum absolute atomic E-state index is 9.61. The zero-order valence-corrected chi connectivity index (χ0v) is 13.2. The average Bonchev–Trinajstić information content (AvgIpc) is 3.09. The van der Waals surface area contributed by atoms with Crippen molar-refractivity contribution in [1.29, 1.82) is 5.26 Å². The van der Waals surface area contributed by atoms with Crippen LogP contribution in [-0.4, -0.2) is 9.97 Å². The molecule has 0 atom stereocenters. The Morgan fingerprint density at radius 3 is 2.67 bits per heavy atom. The molecule has 1 N–H and O–H groups in total. The van der Waals surface area contributed by atoms with Gasteiger partial charge in [-0.25, -0.2) is 0 Å². The van der Waals surface area contributed by atoms with Crippen LogP contribution in [0.4, 0.5) is 0 Å². The summed E-state index contributed by atoms with van der Waals surface area (Å²) in [6.07, 6.45) is 3.75. The van der Waals surface area contributed by atoms with Gasteiger partial charge >= 0.3 is 0 Å². The standard InChI is InChI=1S/C21H15N3/c1-14-5-2-3-7-17(14)21-15(12-22)6-4-8-18(21)16-11-20-19(24-13-16)9-10-23-20/h2-11,13,23H,1H3. The highest BCUT2D eigenvalue weighted by atomic mass is 14.7. The fourth-order valence-electron chi connectivity index (χ4n) is 3.11. The topological polar surface area (TPSA) is 52.5 Å². The number of aryl methyl sites for hydroxylation is 1. The summed E-state index contributed by atoms with van der Waals surface area (Å²) >= 11 is 0. The third-order valence-corrected chi connectivity index (χ3v) is 4.31. The molecule has 0 amide bonds. The second kappa shape index (κ2) is 5.68. The molecule has 4 aromatic rings. The highest BCUT2D eigenvalue weighted by Gasteiger charge is 2.14. The molecule has 0 aliphatic carbocycles. The Labute approximate surface area is 140 Å². The van der Waals surface area contributed by atoms with Crippen molar-refractivity contribution in [1.82, 2.24) is 9.97 Å². The van der Waals surface area contributed by atoms with Crippen LogP contribution in [0.25, 0.3) is 33.3 Å². The monoisotopic (exact) mass is 309 g/mol. The number of benzene rings is 2. The van der Waals surface area contributed by atoms with Gasteiger partial charge in [0.2, 0.25) is 0 Å². The molecule has 2 aromatic heterocycles. The van der Waals surface area contributed by atoms with Gasteiger partial charge in [-0.1, -0.05) is 36.4 Å². The summed E-state index contributed by atoms with van der Waals surface area (Å²) in [7, 11) is 0. The van der Waals surface area contributed by atoms with Crippen LogP contribution in [0.2, 0.25) is 0 Å². The molecule has 0 unspecified atom stereocenters. The number of nitrogens with zero attached hydrogens (tertiary/aromatic N) is 2. The van der Waals surface area contributed by atoms with Crippen molar-refractivity contribution in [2.75, 3.05) is 0 Å². The van der Waals surface area contributed by atoms with Crippen LogP contribution in [0.1, 0.15) is 11.1 Å². The van der Waals surface area contributed by atoms with E-state index in [9.17, 15) is 5.26 Å². The minimum Gasteiger partial charge on any atom is -0.360 e. The maximum Gasteiger partial charge on any atom is 0.0998 e. The Bertz CT molecular complexity index is 1080. The van der Waals surface area contributed by atoms with Crippen LogP contribution in [0.3, 0.4) is 0 Å². The van der Waals surface area contributed by atoms with E-state index in [2.05, 4.69) is 47.2 Å². The lowest BCUT2D eigenvalue weighted by molar-refractivity contribution is 1.39. The number of nitrogens with one attached hydrogen (secondary N) is 1. The van der Waals surface area contributed by atoms with Crippen molar-refractivity contribution in [3.63, 3.8) is 0 Å². The van der Waals surface area contributed by atoms with Gasteiger partial charge in [0.1, 0.15) is 0 Å². The fourth-order valence-corrected chi connectivity index (χ4v) is 3.11. The minimum atomic E-state index is 0.674. The van der Waals surface area contributed by atoms with Crippen LogP contribution < -0.4 is 0 Å². The van der Waals surface area contributed by atoms with Crippen molar-refractivity contribution in [3.8, 4) is 28.3 Å². The number of hydrogen-bond donors (Lipinski definition) is 1. The third-order valence-electron chi connectivity index (χ3n) is 4.31. The number of aromatic nitrogens is 2. The zero-order valence-electron chi connectivity index (χ0n) is 13.2. The summed E-state index contributed by atoms with van der Waals surface area (Å²) in [5.41, 5.74) is 7.82. The van der Waals surface area contributed by atoms with Crippen molar-refractivity contribution < 1.29 is 0 Å². The molecule has 3 heteroatoms. The number of fused-ring (bicyclic) bond motifs is 1. The fraction of sp³-hybridized carbons (Fsp3) is 0.0476. The van der Waals surface area contributed by atoms with Crippen LogP contribution in [0, 0.1) is 18.3 Å². The van der Waals surface area contributed by atoms with E-state index in [-0.39, 0.29) is 0 Å². The van der Waals surface area contributed by atoms with E-state index < -0.39 is 0 Å². The highest BCUT2D eigenvalue weighted by molar-refractivity contribution is 5.91. The van der Waals surface area contributed by atoms with Crippen molar-refractivity contribution in [3.05, 3.63) is 78.1 Å². The summed E-state index contributed by atoms with van der Waals surface area (Å²) in [6, 6.07) is 20.4. The Hall–Kier alpha value is -3.38. The molecule has 2 aromatic carbocycles. The number of pyridine rings is 1. The molecule has 114 valence electrons. The molecule has 2 heterocycles. The summed E-state index contributed by atoms with van der Waals surface area (Å²) in [5.74, 6) is 0. The van der Waals surface area contributed by atoms with Gasteiger partial charge in [-0.3, -0.25) is 4.98 Å². The average molecular weight is 309 g/mol. The normalized spacial score (nSPS) is 10.7. The van der Waals surface area contributed by atoms with Gasteiger partial charge in [0, 0.05) is 23.5 Å². The van der Waals surface area contributed by atoms with Gasteiger partial charge in [-0.2, -0.15) is 5.26 Å². The molecule has 4 rings (SSSR count). The lowest BCUT2D eigenvalue weighted by atomic mass is 9.89. The number of hydrogen-bond acceptors (Lipinski definition) is 2. The van der Waals surface area contributed by atoms with Gasteiger partial charge in [0.15, 0.2) is 0 Å². The number of H-pyrrole nitrogens is 1. The van der Waals surface area contributed by atoms with Crippen LogP contribution in [-0.2, 0) is 0 Å². The lowest BCUT2D eigenvalue weighted by Crippen LogP contribution is -1.93. The number of aromatic amines is 1. The largest absolute Gasteiger partial charge is 0.360 e. The zero-order chi connectivity index (χ0) is 16.5. The Morgan fingerprint density at radius 1 is 1.00 bits per heavy atom. The van der Waals surface area contributed by atoms with Gasteiger partial charge in [-0.15, -0.1) is 0 Å². The summed E-state index contributed by atoms with van der Waals surface area (Å²) in [4.78, 5) is 7.72. The maximum atomic E-state index is 9.61. The minimum absolute atomic E-state index is 0.674. The third kappa shape index (κ3) is 2.26. The molecule has 24 heavy (non-hydrogen) atoms. The van der Waals surface area contributed by atoms with E-state index >= 15 is 0 Å². The molecule has 0 fully saturated rings. The van der Waals surface area contributed by atoms with Crippen LogP contribution in [0.15, 0.2) is 67.0 Å². The Balaban J connectivity index is 2.02. The first-order valence-electron chi connectivity index (χ1n) is 7.80. The van der Waals surface area contributed by atoms with E-state index in [4.69, 9.17) is 0 Å². The van der Waals surface area contributed by atoms with E-state index in [1.165, 1.54) is 0 Å². The second-order valence-corrected chi connectivity index (χ2v) is 5.79. The van der Waals surface area contributed by atoms with E-state index in [1.54, 1.807) is 0 Å². The van der Waals surface area contributed by atoms with Crippen molar-refractivity contribution in [2.24, 2.45) is 0 Å². The summed E-state index contributed by atoms with van der Waals surface area (Å²) in [6.45, 7) is 2.07. The number of rotatable bonds is 2. The molecule has 0 saturated carbocycles. The van der Waals surface area contributed by atoms with Crippen molar-refractivity contribution >= 4 is 11.0 Å². The smallest absolute Gasteiger partial charge is 0.0998 e. The first-order chi connectivity index (χ1) is 11.8. The lowest BCUT2D eigenvalue weighted by Gasteiger charge is -2.14. The summed E-state index contributed by atoms with van der Waals surface area (Å²) < 4.78 is 0. The van der Waals surface area contributed by atoms with E-state index in [1.807, 2.05) is 42.7 Å². The predicted molar refractivity (Wildman–Crippen MR) is 96.4 cm³/mol. The number of nitriles is 1. The Morgan fingerprint density at radius 2 is 1.83 bits per heavy atom. The molecule has 0 saturated heterocycles. The predicted octanol–water partition coefficient (Wildman–Crippen LogP) is 5.08. The SMILES string of the molecule is Cc1ccccc1-c1c(C#N)cccc1-c1cnc2cc[nH]c2c1.